The fourth-order valence-electron chi connectivity index (χ4n) is 4.61. The number of benzene rings is 1. The van der Waals surface area contributed by atoms with Crippen molar-refractivity contribution in [1.82, 2.24) is 0 Å². The molecule has 0 aromatic heterocycles. The molecule has 0 aliphatic heterocycles. The summed E-state index contributed by atoms with van der Waals surface area (Å²) in [6, 6.07) is 4.02. The van der Waals surface area contributed by atoms with Crippen LogP contribution in [-0.4, -0.2) is 11.7 Å². The number of unbranched alkanes of at least 4 members (excludes halogenated alkanes) is 5. The summed E-state index contributed by atoms with van der Waals surface area (Å²) >= 11 is 0. The molecule has 0 heterocycles. The zero-order valence-corrected chi connectivity index (χ0v) is 18.6. The lowest BCUT2D eigenvalue weighted by molar-refractivity contribution is 0.107. The SMILES string of the molecule is Cc1cc(C)c(C(=O)[P+](=O)CCCCCCCCC2CCCCC2)c(C)c1. The van der Waals surface area contributed by atoms with Gasteiger partial charge in [0.15, 0.2) is 6.16 Å². The molecule has 1 fully saturated rings. The largest absolute Gasteiger partial charge is 0.420 e. The van der Waals surface area contributed by atoms with Gasteiger partial charge >= 0.3 is 13.3 Å². The van der Waals surface area contributed by atoms with Crippen LogP contribution in [0.4, 0.5) is 0 Å². The third-order valence-corrected chi connectivity index (χ3v) is 7.46. The van der Waals surface area contributed by atoms with Gasteiger partial charge in [-0.3, -0.25) is 0 Å². The van der Waals surface area contributed by atoms with Crippen molar-refractivity contribution in [3.8, 4) is 0 Å². The van der Waals surface area contributed by atoms with Gasteiger partial charge in [-0.15, -0.1) is 0 Å². The van der Waals surface area contributed by atoms with Gasteiger partial charge in [0.2, 0.25) is 0 Å². The maximum atomic E-state index is 12.6. The summed E-state index contributed by atoms with van der Waals surface area (Å²) in [4.78, 5) is 12.6. The first kappa shape index (κ1) is 22.3. The molecule has 3 heteroatoms. The monoisotopic (exact) mass is 389 g/mol. The maximum absolute atomic E-state index is 12.6. The molecule has 0 spiro atoms. The molecular formula is C24H38O2P+. The van der Waals surface area contributed by atoms with Crippen LogP contribution >= 0.6 is 7.80 Å². The quantitative estimate of drug-likeness (QED) is 0.285. The second-order valence-corrected chi connectivity index (χ2v) is 10.2. The van der Waals surface area contributed by atoms with Crippen molar-refractivity contribution in [2.75, 3.05) is 6.16 Å². The van der Waals surface area contributed by atoms with Crippen molar-refractivity contribution >= 4 is 13.3 Å². The van der Waals surface area contributed by atoms with Crippen LogP contribution in [-0.2, 0) is 4.57 Å². The first-order chi connectivity index (χ1) is 13.0. The molecule has 0 radical (unpaired) electrons. The third kappa shape index (κ3) is 7.49. The lowest BCUT2D eigenvalue weighted by atomic mass is 9.85. The van der Waals surface area contributed by atoms with Gasteiger partial charge in [-0.1, -0.05) is 86.5 Å². The highest BCUT2D eigenvalue weighted by molar-refractivity contribution is 7.64. The zero-order chi connectivity index (χ0) is 19.6. The van der Waals surface area contributed by atoms with Crippen LogP contribution in [0.2, 0.25) is 0 Å². The Bertz CT molecular complexity index is 606. The summed E-state index contributed by atoms with van der Waals surface area (Å²) < 4.78 is 12.4. The van der Waals surface area contributed by atoms with Gasteiger partial charge in [-0.25, -0.2) is 4.79 Å². The molecule has 1 aliphatic carbocycles. The van der Waals surface area contributed by atoms with E-state index in [1.165, 1.54) is 64.2 Å². The fourth-order valence-corrected chi connectivity index (χ4v) is 5.93. The smallest absolute Gasteiger partial charge is 0.234 e. The van der Waals surface area contributed by atoms with E-state index in [4.69, 9.17) is 0 Å². The molecule has 0 N–H and O–H groups in total. The molecular weight excluding hydrogens is 351 g/mol. The molecule has 27 heavy (non-hydrogen) atoms. The Morgan fingerprint density at radius 2 is 1.44 bits per heavy atom. The van der Waals surface area contributed by atoms with E-state index in [1.54, 1.807) is 0 Å². The average molecular weight is 390 g/mol. The van der Waals surface area contributed by atoms with Crippen LogP contribution < -0.4 is 0 Å². The number of aryl methyl sites for hydroxylation is 3. The van der Waals surface area contributed by atoms with Crippen molar-refractivity contribution in [3.05, 3.63) is 34.4 Å². The summed E-state index contributed by atoms with van der Waals surface area (Å²) in [7, 11) is -1.79. The van der Waals surface area contributed by atoms with Gasteiger partial charge in [0, 0.05) is 0 Å². The first-order valence-corrected chi connectivity index (χ1v) is 12.5. The Labute approximate surface area is 167 Å². The Kier molecular flexibility index (Phi) is 9.69. The van der Waals surface area contributed by atoms with Crippen LogP contribution in [0, 0.1) is 26.7 Å². The lowest BCUT2D eigenvalue weighted by Crippen LogP contribution is -2.05. The second-order valence-electron chi connectivity index (χ2n) is 8.60. The first-order valence-electron chi connectivity index (χ1n) is 11.1. The van der Waals surface area contributed by atoms with Crippen LogP contribution in [0.15, 0.2) is 12.1 Å². The average Bonchev–Trinajstić information content (AvgIpc) is 2.63. The van der Waals surface area contributed by atoms with Crippen LogP contribution in [0.25, 0.3) is 0 Å². The summed E-state index contributed by atoms with van der Waals surface area (Å²) in [5.74, 6) is 1.00. The predicted octanol–water partition coefficient (Wildman–Crippen LogP) is 7.89. The van der Waals surface area contributed by atoms with E-state index in [0.29, 0.717) is 11.7 Å². The molecule has 2 rings (SSSR count). The fraction of sp³-hybridized carbons (Fsp3) is 0.708. The van der Waals surface area contributed by atoms with Gasteiger partial charge in [0.25, 0.3) is 0 Å². The number of hydrogen-bond donors (Lipinski definition) is 0. The zero-order valence-electron chi connectivity index (χ0n) is 17.7. The Hall–Kier alpha value is -1.01. The van der Waals surface area contributed by atoms with Crippen molar-refractivity contribution in [2.24, 2.45) is 5.92 Å². The minimum absolute atomic E-state index is 0.146. The van der Waals surface area contributed by atoms with Crippen molar-refractivity contribution < 1.29 is 9.36 Å². The molecule has 1 unspecified atom stereocenters. The van der Waals surface area contributed by atoms with Crippen LogP contribution in [0.1, 0.15) is 104 Å². The molecule has 1 aromatic rings. The van der Waals surface area contributed by atoms with Crippen LogP contribution in [0.3, 0.4) is 0 Å². The molecule has 0 saturated heterocycles. The van der Waals surface area contributed by atoms with Crippen LogP contribution in [0.5, 0.6) is 0 Å². The van der Waals surface area contributed by atoms with E-state index in [-0.39, 0.29) is 5.52 Å². The molecule has 1 aromatic carbocycles. The van der Waals surface area contributed by atoms with Gasteiger partial charge in [0.05, 0.1) is 5.56 Å². The summed E-state index contributed by atoms with van der Waals surface area (Å²) in [5.41, 5.74) is 3.61. The van der Waals surface area contributed by atoms with Gasteiger partial charge in [-0.05, 0) is 50.7 Å². The van der Waals surface area contributed by atoms with Gasteiger partial charge in [0.1, 0.15) is 0 Å². The molecule has 1 atom stereocenters. The van der Waals surface area contributed by atoms with Crippen molar-refractivity contribution in [1.29, 1.82) is 0 Å². The lowest BCUT2D eigenvalue weighted by Gasteiger charge is -2.21. The predicted molar refractivity (Wildman–Crippen MR) is 116 cm³/mol. The van der Waals surface area contributed by atoms with E-state index in [9.17, 15) is 9.36 Å². The molecule has 0 bridgehead atoms. The number of carbonyl (C=O) groups is 1. The molecule has 150 valence electrons. The van der Waals surface area contributed by atoms with E-state index >= 15 is 0 Å². The van der Waals surface area contributed by atoms with E-state index < -0.39 is 7.80 Å². The number of rotatable bonds is 11. The Morgan fingerprint density at radius 3 is 2.07 bits per heavy atom. The molecule has 0 amide bonds. The van der Waals surface area contributed by atoms with Crippen molar-refractivity contribution in [3.63, 3.8) is 0 Å². The maximum Gasteiger partial charge on any atom is 0.420 e. The molecule has 2 nitrogen and oxygen atoms in total. The Morgan fingerprint density at radius 1 is 0.889 bits per heavy atom. The summed E-state index contributed by atoms with van der Waals surface area (Å²) in [6.07, 6.45) is 16.5. The van der Waals surface area contributed by atoms with E-state index in [2.05, 4.69) is 0 Å². The van der Waals surface area contributed by atoms with E-state index in [0.717, 1.165) is 35.4 Å². The molecule has 1 saturated carbocycles. The molecule has 1 aliphatic rings. The standard InChI is InChI=1S/C24H38O2P/c1-19-17-20(2)23(21(3)18-19)24(25)27(26)16-12-7-5-4-6-9-13-22-14-10-8-11-15-22/h17-18,22H,4-16H2,1-3H3/q+1. The minimum atomic E-state index is -1.79. The second kappa shape index (κ2) is 11.7. The third-order valence-electron chi connectivity index (χ3n) is 6.07. The number of carbonyl (C=O) groups excluding carboxylic acids is 1. The highest BCUT2D eigenvalue weighted by atomic mass is 31.1. The van der Waals surface area contributed by atoms with Crippen molar-refractivity contribution in [2.45, 2.75) is 97.8 Å². The highest BCUT2D eigenvalue weighted by Gasteiger charge is 2.31. The summed E-state index contributed by atoms with van der Waals surface area (Å²) in [6.45, 7) is 5.93. The minimum Gasteiger partial charge on any atom is -0.234 e. The highest BCUT2D eigenvalue weighted by Crippen LogP contribution is 2.32. The topological polar surface area (TPSA) is 34.1 Å². The normalized spacial score (nSPS) is 15.7. The number of hydrogen-bond acceptors (Lipinski definition) is 2. The van der Waals surface area contributed by atoms with E-state index in [1.807, 2.05) is 32.9 Å². The summed E-state index contributed by atoms with van der Waals surface area (Å²) in [5, 5.41) is 0. The Balaban J connectivity index is 1.58. The van der Waals surface area contributed by atoms with Gasteiger partial charge in [-0.2, -0.15) is 0 Å². The van der Waals surface area contributed by atoms with Gasteiger partial charge < -0.3 is 0 Å².